The summed E-state index contributed by atoms with van der Waals surface area (Å²) in [7, 11) is 1.47. The zero-order chi connectivity index (χ0) is 24.2. The molecule has 2 aromatic carbocycles. The van der Waals surface area contributed by atoms with Crippen LogP contribution in [0.3, 0.4) is 0 Å². The summed E-state index contributed by atoms with van der Waals surface area (Å²) in [5.74, 6) is -0.323. The monoisotopic (exact) mass is 469 g/mol. The van der Waals surface area contributed by atoms with Gasteiger partial charge in [-0.25, -0.2) is 9.18 Å². The number of carbonyl (C=O) groups is 1. The molecule has 0 fully saturated rings. The van der Waals surface area contributed by atoms with Gasteiger partial charge >= 0.3 is 5.63 Å². The standard InChI is InChI=1S/C25H24FNO7/c1-14-9-19(28)23(25(30)34-14)18(16-10-20(31-2)24-21(11-16)32-13-33-24)12-22(29)27-8-7-15-3-5-17(26)6-4-15/h3-6,9-11,18,28H,7-8,12-13H2,1-2H3,(H,27,29)/t18-/m1/s1. The van der Waals surface area contributed by atoms with Crippen molar-refractivity contribution in [1.82, 2.24) is 5.32 Å². The Morgan fingerprint density at radius 1 is 1.21 bits per heavy atom. The molecule has 1 amide bonds. The second-order valence-corrected chi connectivity index (χ2v) is 7.88. The number of rotatable bonds is 8. The van der Waals surface area contributed by atoms with E-state index in [2.05, 4.69) is 5.32 Å². The summed E-state index contributed by atoms with van der Waals surface area (Å²) in [4.78, 5) is 25.5. The normalized spacial score (nSPS) is 12.9. The molecule has 0 saturated heterocycles. The SMILES string of the molecule is COc1cc([C@@H](CC(=O)NCCc2ccc(F)cc2)c2c(O)cc(C)oc2=O)cc2c1OCO2. The second kappa shape index (κ2) is 9.86. The maximum atomic E-state index is 13.1. The smallest absolute Gasteiger partial charge is 0.343 e. The Bertz CT molecular complexity index is 1250. The number of methoxy groups -OCH3 is 1. The van der Waals surface area contributed by atoms with Crippen LogP contribution < -0.4 is 25.2 Å². The van der Waals surface area contributed by atoms with E-state index in [1.807, 2.05) is 0 Å². The first-order valence-corrected chi connectivity index (χ1v) is 10.7. The molecule has 0 aliphatic carbocycles. The van der Waals surface area contributed by atoms with Crippen LogP contribution in [0.1, 0.15) is 34.8 Å². The van der Waals surface area contributed by atoms with Gasteiger partial charge in [0.05, 0.1) is 12.7 Å². The third-order valence-electron chi connectivity index (χ3n) is 5.56. The average molecular weight is 469 g/mol. The second-order valence-electron chi connectivity index (χ2n) is 7.88. The van der Waals surface area contributed by atoms with Crippen molar-refractivity contribution >= 4 is 5.91 Å². The van der Waals surface area contributed by atoms with Crippen molar-refractivity contribution in [2.24, 2.45) is 0 Å². The van der Waals surface area contributed by atoms with Gasteiger partial charge < -0.3 is 29.1 Å². The lowest BCUT2D eigenvalue weighted by atomic mass is 9.88. The van der Waals surface area contributed by atoms with Crippen molar-refractivity contribution in [2.45, 2.75) is 25.7 Å². The minimum atomic E-state index is -0.842. The summed E-state index contributed by atoms with van der Waals surface area (Å²) in [5.41, 5.74) is 0.607. The van der Waals surface area contributed by atoms with Crippen molar-refractivity contribution in [3.8, 4) is 23.0 Å². The van der Waals surface area contributed by atoms with E-state index in [1.54, 1.807) is 31.2 Å². The summed E-state index contributed by atoms with van der Waals surface area (Å²) in [5, 5.41) is 13.4. The number of ether oxygens (including phenoxy) is 3. The van der Waals surface area contributed by atoms with Crippen LogP contribution in [0.25, 0.3) is 0 Å². The van der Waals surface area contributed by atoms with Crippen LogP contribution in [0.4, 0.5) is 4.39 Å². The quantitative estimate of drug-likeness (QED) is 0.521. The van der Waals surface area contributed by atoms with Crippen LogP contribution >= 0.6 is 0 Å². The fraction of sp³-hybridized carbons (Fsp3) is 0.280. The van der Waals surface area contributed by atoms with Crippen LogP contribution in [-0.4, -0.2) is 31.5 Å². The Labute approximate surface area is 194 Å². The average Bonchev–Trinajstić information content (AvgIpc) is 3.27. The number of amides is 1. The van der Waals surface area contributed by atoms with Crippen LogP contribution in [0, 0.1) is 12.7 Å². The molecule has 178 valence electrons. The lowest BCUT2D eigenvalue weighted by Crippen LogP contribution is -2.28. The Hall–Kier alpha value is -4.01. The fourth-order valence-corrected chi connectivity index (χ4v) is 3.92. The molecule has 1 aliphatic rings. The van der Waals surface area contributed by atoms with Gasteiger partial charge in [-0.05, 0) is 48.7 Å². The van der Waals surface area contributed by atoms with Gasteiger partial charge in [-0.3, -0.25) is 4.79 Å². The number of halogens is 1. The largest absolute Gasteiger partial charge is 0.507 e. The number of hydrogen-bond donors (Lipinski definition) is 2. The topological polar surface area (TPSA) is 107 Å². The number of carbonyl (C=O) groups excluding carboxylic acids is 1. The molecule has 2 N–H and O–H groups in total. The molecule has 4 rings (SSSR count). The summed E-state index contributed by atoms with van der Waals surface area (Å²) in [6.07, 6.45) is 0.361. The van der Waals surface area contributed by atoms with E-state index in [-0.39, 0.29) is 42.0 Å². The van der Waals surface area contributed by atoms with Crippen molar-refractivity contribution in [3.63, 3.8) is 0 Å². The minimum absolute atomic E-state index is 0.0155. The van der Waals surface area contributed by atoms with Gasteiger partial charge in [-0.2, -0.15) is 0 Å². The molecule has 0 radical (unpaired) electrons. The maximum absolute atomic E-state index is 13.1. The number of hydrogen-bond acceptors (Lipinski definition) is 7. The highest BCUT2D eigenvalue weighted by Gasteiger charge is 2.29. The van der Waals surface area contributed by atoms with Gasteiger partial charge in [-0.1, -0.05) is 12.1 Å². The predicted octanol–water partition coefficient (Wildman–Crippen LogP) is 3.41. The molecule has 1 aliphatic heterocycles. The Morgan fingerprint density at radius 3 is 2.68 bits per heavy atom. The maximum Gasteiger partial charge on any atom is 0.343 e. The highest BCUT2D eigenvalue weighted by molar-refractivity contribution is 5.78. The van der Waals surface area contributed by atoms with E-state index >= 15 is 0 Å². The molecule has 0 unspecified atom stereocenters. The van der Waals surface area contributed by atoms with Crippen molar-refractivity contribution < 1.29 is 32.9 Å². The van der Waals surface area contributed by atoms with Gasteiger partial charge in [0.15, 0.2) is 11.5 Å². The van der Waals surface area contributed by atoms with Crippen LogP contribution in [-0.2, 0) is 11.2 Å². The molecular weight excluding hydrogens is 445 g/mol. The molecule has 1 aromatic heterocycles. The molecule has 0 saturated carbocycles. The molecule has 0 bridgehead atoms. The highest BCUT2D eigenvalue weighted by atomic mass is 19.1. The third kappa shape index (κ3) is 4.98. The van der Waals surface area contributed by atoms with Crippen LogP contribution in [0.5, 0.6) is 23.0 Å². The first-order chi connectivity index (χ1) is 16.4. The summed E-state index contributed by atoms with van der Waals surface area (Å²) in [6, 6.07) is 10.7. The Kier molecular flexibility index (Phi) is 6.72. The van der Waals surface area contributed by atoms with Crippen molar-refractivity contribution in [3.05, 3.63) is 81.2 Å². The third-order valence-corrected chi connectivity index (χ3v) is 5.56. The van der Waals surface area contributed by atoms with Crippen LogP contribution in [0.2, 0.25) is 0 Å². The molecule has 34 heavy (non-hydrogen) atoms. The fourth-order valence-electron chi connectivity index (χ4n) is 3.92. The van der Waals surface area contributed by atoms with E-state index in [9.17, 15) is 19.1 Å². The van der Waals surface area contributed by atoms with Gasteiger partial charge in [0.25, 0.3) is 0 Å². The number of benzene rings is 2. The van der Waals surface area contributed by atoms with E-state index in [0.717, 1.165) is 5.56 Å². The van der Waals surface area contributed by atoms with Crippen LogP contribution in [0.15, 0.2) is 51.7 Å². The summed E-state index contributed by atoms with van der Waals surface area (Å²) in [6.45, 7) is 1.88. The van der Waals surface area contributed by atoms with Gasteiger partial charge in [0.2, 0.25) is 18.4 Å². The molecule has 9 heteroatoms. The lowest BCUT2D eigenvalue weighted by Gasteiger charge is -2.19. The van der Waals surface area contributed by atoms with Crippen molar-refractivity contribution in [1.29, 1.82) is 0 Å². The lowest BCUT2D eigenvalue weighted by molar-refractivity contribution is -0.121. The number of aryl methyl sites for hydroxylation is 1. The van der Waals surface area contributed by atoms with Gasteiger partial charge in [-0.15, -0.1) is 0 Å². The first-order valence-electron chi connectivity index (χ1n) is 10.7. The predicted molar refractivity (Wildman–Crippen MR) is 120 cm³/mol. The van der Waals surface area contributed by atoms with E-state index in [4.69, 9.17) is 18.6 Å². The van der Waals surface area contributed by atoms with E-state index in [0.29, 0.717) is 35.8 Å². The first kappa shape index (κ1) is 23.2. The number of fused-ring (bicyclic) bond motifs is 1. The Balaban J connectivity index is 1.61. The Morgan fingerprint density at radius 2 is 1.97 bits per heavy atom. The highest BCUT2D eigenvalue weighted by Crippen LogP contribution is 2.45. The number of nitrogens with one attached hydrogen (secondary N) is 1. The molecule has 1 atom stereocenters. The van der Waals surface area contributed by atoms with E-state index in [1.165, 1.54) is 25.3 Å². The molecule has 3 aromatic rings. The minimum Gasteiger partial charge on any atom is -0.507 e. The molecule has 0 spiro atoms. The summed E-state index contributed by atoms with van der Waals surface area (Å²) >= 11 is 0. The zero-order valence-electron chi connectivity index (χ0n) is 18.7. The van der Waals surface area contributed by atoms with Gasteiger partial charge in [0.1, 0.15) is 17.3 Å². The van der Waals surface area contributed by atoms with Crippen molar-refractivity contribution in [2.75, 3.05) is 20.4 Å². The number of aromatic hydroxyl groups is 1. The zero-order valence-corrected chi connectivity index (χ0v) is 18.7. The molecule has 8 nitrogen and oxygen atoms in total. The summed E-state index contributed by atoms with van der Waals surface area (Å²) < 4.78 is 34.6. The van der Waals surface area contributed by atoms with Gasteiger partial charge in [0, 0.05) is 24.9 Å². The molecule has 2 heterocycles. The molecular formula is C25H24FNO7. The van der Waals surface area contributed by atoms with E-state index < -0.39 is 11.5 Å².